The maximum Gasteiger partial charge on any atom is 0.331 e. The van der Waals surface area contributed by atoms with Crippen molar-refractivity contribution in [2.24, 2.45) is 0 Å². The molecular weight excluding hydrogens is 384 g/mol. The Balaban J connectivity index is 1.56. The molecule has 0 bridgehead atoms. The second-order valence-electron chi connectivity index (χ2n) is 6.35. The summed E-state index contributed by atoms with van der Waals surface area (Å²) < 4.78 is 21.1. The Morgan fingerprint density at radius 1 is 1.10 bits per heavy atom. The second-order valence-corrected chi connectivity index (χ2v) is 6.35. The van der Waals surface area contributed by atoms with Gasteiger partial charge >= 0.3 is 5.97 Å². The van der Waals surface area contributed by atoms with E-state index in [1.807, 2.05) is 37.3 Å². The van der Waals surface area contributed by atoms with E-state index in [-0.39, 0.29) is 12.5 Å². The highest BCUT2D eigenvalue weighted by Crippen LogP contribution is 2.28. The molecule has 0 radical (unpaired) electrons. The third kappa shape index (κ3) is 5.47. The van der Waals surface area contributed by atoms with Gasteiger partial charge in [-0.05, 0) is 42.7 Å². The third-order valence-corrected chi connectivity index (χ3v) is 4.33. The molecule has 2 aromatic carbocycles. The van der Waals surface area contributed by atoms with E-state index in [0.717, 1.165) is 17.5 Å². The molecule has 1 heterocycles. The van der Waals surface area contributed by atoms with Crippen LogP contribution in [-0.2, 0) is 22.6 Å². The zero-order valence-corrected chi connectivity index (χ0v) is 17.3. The average molecular weight is 408 g/mol. The Labute approximate surface area is 175 Å². The molecule has 0 aliphatic rings. The number of aromatic nitrogens is 2. The fraction of sp³-hybridized carbons (Fsp3) is 0.261. The van der Waals surface area contributed by atoms with Gasteiger partial charge in [0.05, 0.1) is 13.7 Å². The monoisotopic (exact) mass is 408 g/mol. The van der Waals surface area contributed by atoms with E-state index in [1.54, 1.807) is 25.3 Å². The molecule has 0 saturated heterocycles. The van der Waals surface area contributed by atoms with Gasteiger partial charge in [0.15, 0.2) is 18.1 Å². The van der Waals surface area contributed by atoms with Crippen molar-refractivity contribution in [3.63, 3.8) is 0 Å². The molecule has 0 aliphatic carbocycles. The van der Waals surface area contributed by atoms with E-state index in [9.17, 15) is 4.79 Å². The van der Waals surface area contributed by atoms with Crippen LogP contribution in [0.4, 0.5) is 0 Å². The van der Waals surface area contributed by atoms with Crippen LogP contribution in [0.1, 0.15) is 30.9 Å². The first-order valence-electron chi connectivity index (χ1n) is 9.70. The quantitative estimate of drug-likeness (QED) is 0.382. The van der Waals surface area contributed by atoms with Gasteiger partial charge in [0.1, 0.15) is 0 Å². The van der Waals surface area contributed by atoms with Crippen molar-refractivity contribution in [2.45, 2.75) is 26.9 Å². The highest BCUT2D eigenvalue weighted by Gasteiger charge is 2.10. The van der Waals surface area contributed by atoms with Crippen LogP contribution in [0.15, 0.2) is 53.1 Å². The molecule has 0 atom stereocenters. The lowest BCUT2D eigenvalue weighted by atomic mass is 10.1. The number of nitrogens with zero attached hydrogens (tertiary/aromatic N) is 2. The molecule has 3 rings (SSSR count). The number of hydrogen-bond donors (Lipinski definition) is 0. The Kier molecular flexibility index (Phi) is 7.21. The maximum atomic E-state index is 12.0. The second kappa shape index (κ2) is 10.2. The number of esters is 1. The van der Waals surface area contributed by atoms with Gasteiger partial charge in [0, 0.05) is 11.6 Å². The van der Waals surface area contributed by atoms with Gasteiger partial charge in [-0.25, -0.2) is 4.79 Å². The lowest BCUT2D eigenvalue weighted by molar-refractivity contribution is -0.139. The Bertz CT molecular complexity index is 1010. The van der Waals surface area contributed by atoms with Crippen LogP contribution in [0.3, 0.4) is 0 Å². The molecule has 7 heteroatoms. The molecular formula is C23H24N2O5. The molecule has 0 fully saturated rings. The zero-order chi connectivity index (χ0) is 21.3. The van der Waals surface area contributed by atoms with Crippen molar-refractivity contribution in [2.75, 3.05) is 13.7 Å². The summed E-state index contributed by atoms with van der Waals surface area (Å²) in [5.74, 6) is 1.42. The molecule has 156 valence electrons. The van der Waals surface area contributed by atoms with E-state index < -0.39 is 5.97 Å². The lowest BCUT2D eigenvalue weighted by Gasteiger charge is -2.09. The van der Waals surface area contributed by atoms with Crippen molar-refractivity contribution < 1.29 is 23.5 Å². The first-order chi connectivity index (χ1) is 14.6. The Morgan fingerprint density at radius 2 is 1.90 bits per heavy atom. The first kappa shape index (κ1) is 21.1. The van der Waals surface area contributed by atoms with E-state index in [0.29, 0.717) is 23.9 Å². The van der Waals surface area contributed by atoms with E-state index >= 15 is 0 Å². The summed E-state index contributed by atoms with van der Waals surface area (Å²) in [5.41, 5.74) is 2.86. The number of rotatable bonds is 9. The van der Waals surface area contributed by atoms with E-state index in [1.165, 1.54) is 11.6 Å². The number of methoxy groups -OCH3 is 1. The van der Waals surface area contributed by atoms with Gasteiger partial charge in [-0.15, -0.1) is 0 Å². The minimum atomic E-state index is -0.519. The SMILES string of the molecule is CCOc1ccc(/C=C/C(=O)OCc2nc(-c3ccc(CC)cc3)no2)cc1OC. The van der Waals surface area contributed by atoms with Crippen molar-refractivity contribution in [3.8, 4) is 22.9 Å². The average Bonchev–Trinajstić information content (AvgIpc) is 3.26. The molecule has 3 aromatic rings. The minimum Gasteiger partial charge on any atom is -0.493 e. The third-order valence-electron chi connectivity index (χ3n) is 4.33. The van der Waals surface area contributed by atoms with Crippen LogP contribution in [-0.4, -0.2) is 29.8 Å². The first-order valence-corrected chi connectivity index (χ1v) is 9.70. The molecule has 0 spiro atoms. The number of hydrogen-bond acceptors (Lipinski definition) is 7. The number of benzene rings is 2. The van der Waals surface area contributed by atoms with Gasteiger partial charge in [-0.2, -0.15) is 4.98 Å². The molecule has 1 aromatic heterocycles. The summed E-state index contributed by atoms with van der Waals surface area (Å²) in [7, 11) is 1.57. The highest BCUT2D eigenvalue weighted by atomic mass is 16.6. The molecule has 0 N–H and O–H groups in total. The molecule has 30 heavy (non-hydrogen) atoms. The normalized spacial score (nSPS) is 10.9. The van der Waals surface area contributed by atoms with E-state index in [4.69, 9.17) is 18.7 Å². The molecule has 0 saturated carbocycles. The summed E-state index contributed by atoms with van der Waals surface area (Å²) in [5, 5.41) is 3.93. The van der Waals surface area contributed by atoms with Crippen LogP contribution in [0.2, 0.25) is 0 Å². The summed E-state index contributed by atoms with van der Waals surface area (Å²) in [4.78, 5) is 16.3. The molecule has 7 nitrogen and oxygen atoms in total. The van der Waals surface area contributed by atoms with Gasteiger partial charge in [-0.3, -0.25) is 0 Å². The predicted molar refractivity (Wildman–Crippen MR) is 112 cm³/mol. The van der Waals surface area contributed by atoms with Crippen molar-refractivity contribution in [1.82, 2.24) is 10.1 Å². The van der Waals surface area contributed by atoms with Crippen molar-refractivity contribution in [3.05, 3.63) is 65.6 Å². The topological polar surface area (TPSA) is 83.7 Å². The molecule has 0 amide bonds. The minimum absolute atomic E-state index is 0.101. The standard InChI is InChI=1S/C23H24N2O5/c1-4-16-6-10-18(11-7-16)23-24-21(30-25-23)15-29-22(26)13-9-17-8-12-19(28-5-2)20(14-17)27-3/h6-14H,4-5,15H2,1-3H3/b13-9+. The van der Waals surface area contributed by atoms with E-state index in [2.05, 4.69) is 17.1 Å². The van der Waals surface area contributed by atoms with Crippen LogP contribution < -0.4 is 9.47 Å². The summed E-state index contributed by atoms with van der Waals surface area (Å²) >= 11 is 0. The highest BCUT2D eigenvalue weighted by molar-refractivity contribution is 5.87. The van der Waals surface area contributed by atoms with Crippen LogP contribution in [0, 0.1) is 0 Å². The Hall–Kier alpha value is -3.61. The van der Waals surface area contributed by atoms with Crippen LogP contribution in [0.5, 0.6) is 11.5 Å². The lowest BCUT2D eigenvalue weighted by Crippen LogP contribution is -2.01. The largest absolute Gasteiger partial charge is 0.493 e. The van der Waals surface area contributed by atoms with Gasteiger partial charge in [0.2, 0.25) is 5.82 Å². The number of ether oxygens (including phenoxy) is 3. The Morgan fingerprint density at radius 3 is 2.60 bits per heavy atom. The zero-order valence-electron chi connectivity index (χ0n) is 17.3. The fourth-order valence-corrected chi connectivity index (χ4v) is 2.73. The van der Waals surface area contributed by atoms with Gasteiger partial charge in [0.25, 0.3) is 5.89 Å². The number of carbonyl (C=O) groups excluding carboxylic acids is 1. The van der Waals surface area contributed by atoms with Gasteiger partial charge < -0.3 is 18.7 Å². The summed E-state index contributed by atoms with van der Waals surface area (Å²) in [6.07, 6.45) is 3.93. The predicted octanol–water partition coefficient (Wildman–Crippen LogP) is 4.46. The fourth-order valence-electron chi connectivity index (χ4n) is 2.73. The van der Waals surface area contributed by atoms with Crippen molar-refractivity contribution >= 4 is 12.0 Å². The van der Waals surface area contributed by atoms with Gasteiger partial charge in [-0.1, -0.05) is 42.4 Å². The summed E-state index contributed by atoms with van der Waals surface area (Å²) in [6, 6.07) is 13.3. The molecule has 0 unspecified atom stereocenters. The maximum absolute atomic E-state index is 12.0. The number of carbonyl (C=O) groups is 1. The summed E-state index contributed by atoms with van der Waals surface area (Å²) in [6.45, 7) is 4.43. The molecule has 0 aliphatic heterocycles. The number of aryl methyl sites for hydroxylation is 1. The van der Waals surface area contributed by atoms with Crippen LogP contribution >= 0.6 is 0 Å². The van der Waals surface area contributed by atoms with Crippen molar-refractivity contribution in [1.29, 1.82) is 0 Å². The smallest absolute Gasteiger partial charge is 0.331 e. The van der Waals surface area contributed by atoms with Crippen LogP contribution in [0.25, 0.3) is 17.5 Å².